The molecule has 1 unspecified atom stereocenters. The molecule has 1 aromatic rings. The Morgan fingerprint density at radius 3 is 2.65 bits per heavy atom. The van der Waals surface area contributed by atoms with Crippen molar-refractivity contribution < 1.29 is 13.6 Å². The molecule has 3 nitrogen and oxygen atoms in total. The first-order valence-corrected chi connectivity index (χ1v) is 7.01. The molecule has 1 aliphatic carbocycles. The molecule has 1 aliphatic rings. The number of carbonyl (C=O) groups excluding carboxylic acids is 1. The van der Waals surface area contributed by atoms with Crippen molar-refractivity contribution >= 4 is 5.91 Å². The van der Waals surface area contributed by atoms with Crippen molar-refractivity contribution in [2.75, 3.05) is 6.54 Å². The van der Waals surface area contributed by atoms with E-state index in [2.05, 4.69) is 0 Å². The number of amides is 1. The van der Waals surface area contributed by atoms with Gasteiger partial charge in [0.1, 0.15) is 11.6 Å². The van der Waals surface area contributed by atoms with Gasteiger partial charge in [0, 0.05) is 30.8 Å². The quantitative estimate of drug-likeness (QED) is 0.871. The van der Waals surface area contributed by atoms with Crippen LogP contribution in [0.3, 0.4) is 0 Å². The van der Waals surface area contributed by atoms with E-state index in [-0.39, 0.29) is 24.4 Å². The number of benzene rings is 1. The van der Waals surface area contributed by atoms with Crippen molar-refractivity contribution in [3.8, 4) is 0 Å². The molecule has 2 rings (SSSR count). The van der Waals surface area contributed by atoms with Crippen LogP contribution in [0.1, 0.15) is 31.7 Å². The molecule has 2 N–H and O–H groups in total. The highest BCUT2D eigenvalue weighted by molar-refractivity contribution is 5.79. The molecule has 0 aromatic heterocycles. The monoisotopic (exact) mass is 282 g/mol. The Labute approximate surface area is 117 Å². The molecular formula is C15H20F2N2O. The molecule has 110 valence electrons. The molecule has 1 fully saturated rings. The summed E-state index contributed by atoms with van der Waals surface area (Å²) in [5.74, 6) is -1.46. The first kappa shape index (κ1) is 14.9. The van der Waals surface area contributed by atoms with Gasteiger partial charge < -0.3 is 10.6 Å². The van der Waals surface area contributed by atoms with Gasteiger partial charge in [-0.2, -0.15) is 0 Å². The average molecular weight is 282 g/mol. The van der Waals surface area contributed by atoms with Crippen molar-refractivity contribution in [1.82, 2.24) is 4.90 Å². The predicted molar refractivity (Wildman–Crippen MR) is 72.8 cm³/mol. The summed E-state index contributed by atoms with van der Waals surface area (Å²) >= 11 is 0. The number of hydrogen-bond acceptors (Lipinski definition) is 2. The average Bonchev–Trinajstić information content (AvgIpc) is 3.23. The SMILES string of the molecule is CCC(CN)C(=O)N(Cc1ccc(F)cc1F)C1CC1. The largest absolute Gasteiger partial charge is 0.335 e. The van der Waals surface area contributed by atoms with Gasteiger partial charge in [-0.05, 0) is 25.3 Å². The molecule has 20 heavy (non-hydrogen) atoms. The first-order valence-electron chi connectivity index (χ1n) is 7.01. The smallest absolute Gasteiger partial charge is 0.227 e. The third-order valence-electron chi connectivity index (χ3n) is 3.75. The minimum atomic E-state index is -0.607. The van der Waals surface area contributed by atoms with Crippen LogP contribution in [0.4, 0.5) is 8.78 Å². The van der Waals surface area contributed by atoms with E-state index in [1.807, 2.05) is 6.92 Å². The van der Waals surface area contributed by atoms with Crippen molar-refractivity contribution in [1.29, 1.82) is 0 Å². The fourth-order valence-electron chi connectivity index (χ4n) is 2.28. The Balaban J connectivity index is 2.15. The number of carbonyl (C=O) groups is 1. The van der Waals surface area contributed by atoms with Crippen LogP contribution in [0.2, 0.25) is 0 Å². The lowest BCUT2D eigenvalue weighted by Crippen LogP contribution is -2.40. The van der Waals surface area contributed by atoms with Gasteiger partial charge in [-0.15, -0.1) is 0 Å². The molecule has 1 amide bonds. The Morgan fingerprint density at radius 2 is 2.15 bits per heavy atom. The molecular weight excluding hydrogens is 262 g/mol. The second kappa shape index (κ2) is 6.31. The maximum atomic E-state index is 13.7. The van der Waals surface area contributed by atoms with Crippen LogP contribution in [0.15, 0.2) is 18.2 Å². The van der Waals surface area contributed by atoms with Crippen molar-refractivity contribution in [2.24, 2.45) is 11.7 Å². The summed E-state index contributed by atoms with van der Waals surface area (Å²) in [5.41, 5.74) is 5.96. The third kappa shape index (κ3) is 3.33. The summed E-state index contributed by atoms with van der Waals surface area (Å²) in [6, 6.07) is 3.64. The normalized spacial score (nSPS) is 16.0. The van der Waals surface area contributed by atoms with Crippen molar-refractivity contribution in [2.45, 2.75) is 38.8 Å². The highest BCUT2D eigenvalue weighted by Crippen LogP contribution is 2.30. The van der Waals surface area contributed by atoms with Gasteiger partial charge in [-0.1, -0.05) is 13.0 Å². The van der Waals surface area contributed by atoms with Crippen LogP contribution in [0.5, 0.6) is 0 Å². The van der Waals surface area contributed by atoms with E-state index in [4.69, 9.17) is 5.73 Å². The van der Waals surface area contributed by atoms with E-state index < -0.39 is 11.6 Å². The van der Waals surface area contributed by atoms with E-state index in [9.17, 15) is 13.6 Å². The van der Waals surface area contributed by atoms with Gasteiger partial charge in [0.2, 0.25) is 5.91 Å². The molecule has 0 bridgehead atoms. The number of hydrogen-bond donors (Lipinski definition) is 1. The second-order valence-corrected chi connectivity index (χ2v) is 5.27. The molecule has 0 saturated heterocycles. The van der Waals surface area contributed by atoms with Crippen molar-refractivity contribution in [3.05, 3.63) is 35.4 Å². The van der Waals surface area contributed by atoms with Gasteiger partial charge in [0.05, 0.1) is 5.92 Å². The predicted octanol–water partition coefficient (Wildman–Crippen LogP) is 2.44. The zero-order valence-electron chi connectivity index (χ0n) is 11.6. The fraction of sp³-hybridized carbons (Fsp3) is 0.533. The zero-order chi connectivity index (χ0) is 14.7. The maximum absolute atomic E-state index is 13.7. The van der Waals surface area contributed by atoms with Crippen LogP contribution >= 0.6 is 0 Å². The Morgan fingerprint density at radius 1 is 1.45 bits per heavy atom. The van der Waals surface area contributed by atoms with E-state index in [1.54, 1.807) is 4.90 Å². The van der Waals surface area contributed by atoms with Gasteiger partial charge in [0.15, 0.2) is 0 Å². The number of nitrogens with two attached hydrogens (primary N) is 1. The maximum Gasteiger partial charge on any atom is 0.227 e. The lowest BCUT2D eigenvalue weighted by molar-refractivity contribution is -0.136. The number of halogens is 2. The van der Waals surface area contributed by atoms with Crippen molar-refractivity contribution in [3.63, 3.8) is 0 Å². The minimum Gasteiger partial charge on any atom is -0.335 e. The van der Waals surface area contributed by atoms with Crippen LogP contribution in [0.25, 0.3) is 0 Å². The lowest BCUT2D eigenvalue weighted by Gasteiger charge is -2.26. The Hall–Kier alpha value is -1.49. The first-order chi connectivity index (χ1) is 9.56. The summed E-state index contributed by atoms with van der Waals surface area (Å²) in [7, 11) is 0. The van der Waals surface area contributed by atoms with E-state index in [1.165, 1.54) is 12.1 Å². The Kier molecular flexibility index (Phi) is 4.70. The van der Waals surface area contributed by atoms with Gasteiger partial charge in [0.25, 0.3) is 0 Å². The Bertz CT molecular complexity index is 485. The van der Waals surface area contributed by atoms with E-state index >= 15 is 0 Å². The van der Waals surface area contributed by atoms with Crippen LogP contribution in [-0.2, 0) is 11.3 Å². The van der Waals surface area contributed by atoms with E-state index in [0.717, 1.165) is 18.9 Å². The summed E-state index contributed by atoms with van der Waals surface area (Å²) in [6.07, 6.45) is 2.55. The van der Waals surface area contributed by atoms with Crippen LogP contribution in [-0.4, -0.2) is 23.4 Å². The molecule has 1 aromatic carbocycles. The summed E-state index contributed by atoms with van der Waals surface area (Å²) < 4.78 is 26.6. The number of nitrogens with zero attached hydrogens (tertiary/aromatic N) is 1. The topological polar surface area (TPSA) is 46.3 Å². The highest BCUT2D eigenvalue weighted by Gasteiger charge is 2.35. The van der Waals surface area contributed by atoms with Crippen LogP contribution in [0, 0.1) is 17.6 Å². The molecule has 0 spiro atoms. The molecule has 0 aliphatic heterocycles. The molecule has 5 heteroatoms. The van der Waals surface area contributed by atoms with Crippen LogP contribution < -0.4 is 5.73 Å². The molecule has 1 atom stereocenters. The number of rotatable bonds is 6. The molecule has 1 saturated carbocycles. The molecule has 0 radical (unpaired) electrons. The van der Waals surface area contributed by atoms with E-state index in [0.29, 0.717) is 18.5 Å². The van der Waals surface area contributed by atoms with Gasteiger partial charge >= 0.3 is 0 Å². The summed E-state index contributed by atoms with van der Waals surface area (Å²) in [5, 5.41) is 0. The minimum absolute atomic E-state index is 0.0266. The molecule has 0 heterocycles. The standard InChI is InChI=1S/C15H20F2N2O/c1-2-10(8-18)15(20)19(13-5-6-13)9-11-3-4-12(16)7-14(11)17/h3-4,7,10,13H,2,5-6,8-9,18H2,1H3. The second-order valence-electron chi connectivity index (χ2n) is 5.27. The fourth-order valence-corrected chi connectivity index (χ4v) is 2.28. The highest BCUT2D eigenvalue weighted by atomic mass is 19.1. The summed E-state index contributed by atoms with van der Waals surface area (Å²) in [6.45, 7) is 2.40. The lowest BCUT2D eigenvalue weighted by atomic mass is 10.0. The third-order valence-corrected chi connectivity index (χ3v) is 3.75. The summed E-state index contributed by atoms with van der Waals surface area (Å²) in [4.78, 5) is 14.1. The zero-order valence-corrected chi connectivity index (χ0v) is 11.6. The van der Waals surface area contributed by atoms with Gasteiger partial charge in [-0.3, -0.25) is 4.79 Å². The van der Waals surface area contributed by atoms with Gasteiger partial charge in [-0.25, -0.2) is 8.78 Å².